The first-order valence-corrected chi connectivity index (χ1v) is 7.81. The minimum Gasteiger partial charge on any atom is -0.356 e. The Labute approximate surface area is 163 Å². The van der Waals surface area contributed by atoms with Crippen LogP contribution >= 0.6 is 24.8 Å². The van der Waals surface area contributed by atoms with Crippen LogP contribution in [0.2, 0.25) is 0 Å². The summed E-state index contributed by atoms with van der Waals surface area (Å²) in [4.78, 5) is 0. The van der Waals surface area contributed by atoms with Crippen molar-refractivity contribution in [1.82, 2.24) is 15.4 Å². The zero-order valence-electron chi connectivity index (χ0n) is 14.4. The maximum absolute atomic E-state index is 6.18. The molecule has 0 saturated heterocycles. The van der Waals surface area contributed by atoms with E-state index in [4.69, 9.17) is 10.3 Å². The van der Waals surface area contributed by atoms with E-state index < -0.39 is 0 Å². The van der Waals surface area contributed by atoms with Crippen molar-refractivity contribution in [2.75, 3.05) is 0 Å². The molecule has 2 heterocycles. The lowest BCUT2D eigenvalue weighted by atomic mass is 9.91. The Bertz CT molecular complexity index is 987. The molecule has 0 aliphatic rings. The first kappa shape index (κ1) is 20.0. The van der Waals surface area contributed by atoms with E-state index in [9.17, 15) is 0 Å². The van der Waals surface area contributed by atoms with E-state index in [-0.39, 0.29) is 30.4 Å². The number of H-pyrrole nitrogens is 1. The summed E-state index contributed by atoms with van der Waals surface area (Å²) < 4.78 is 5.43. The SMILES string of the molecule is CC(C)(N)c1ccc(-c2ccc3[nH]ncc3c2-c2ccno2)cc1.Cl.Cl. The predicted octanol–water partition coefficient (Wildman–Crippen LogP) is 4.92. The van der Waals surface area contributed by atoms with E-state index in [1.54, 1.807) is 6.20 Å². The summed E-state index contributed by atoms with van der Waals surface area (Å²) in [6, 6.07) is 14.3. The van der Waals surface area contributed by atoms with Crippen LogP contribution in [0.25, 0.3) is 33.4 Å². The van der Waals surface area contributed by atoms with Crippen LogP contribution in [-0.4, -0.2) is 15.4 Å². The lowest BCUT2D eigenvalue weighted by molar-refractivity contribution is 0.432. The van der Waals surface area contributed by atoms with Gasteiger partial charge in [-0.1, -0.05) is 35.5 Å². The predicted molar refractivity (Wildman–Crippen MR) is 109 cm³/mol. The third-order valence-electron chi connectivity index (χ3n) is 4.25. The van der Waals surface area contributed by atoms with Gasteiger partial charge in [-0.3, -0.25) is 5.10 Å². The second kappa shape index (κ2) is 7.50. The molecule has 0 spiro atoms. The quantitative estimate of drug-likeness (QED) is 0.519. The van der Waals surface area contributed by atoms with Crippen LogP contribution in [-0.2, 0) is 5.54 Å². The molecule has 0 bridgehead atoms. The molecule has 0 atom stereocenters. The second-order valence-corrected chi connectivity index (χ2v) is 6.50. The molecule has 0 amide bonds. The minimum atomic E-state index is -0.360. The molecular formula is C19H20Cl2N4O. The number of rotatable bonds is 3. The van der Waals surface area contributed by atoms with Gasteiger partial charge >= 0.3 is 0 Å². The Kier molecular flexibility index (Phi) is 5.76. The lowest BCUT2D eigenvalue weighted by Gasteiger charge is -2.19. The van der Waals surface area contributed by atoms with Gasteiger partial charge in [0.15, 0.2) is 5.76 Å². The summed E-state index contributed by atoms with van der Waals surface area (Å²) in [7, 11) is 0. The number of aromatic amines is 1. The molecule has 0 aliphatic carbocycles. The molecule has 2 aromatic carbocycles. The largest absolute Gasteiger partial charge is 0.356 e. The molecule has 0 fully saturated rings. The van der Waals surface area contributed by atoms with Gasteiger partial charge in [-0.15, -0.1) is 24.8 Å². The Morgan fingerprint density at radius 1 is 1.00 bits per heavy atom. The maximum Gasteiger partial charge on any atom is 0.168 e. The van der Waals surface area contributed by atoms with Gasteiger partial charge < -0.3 is 10.3 Å². The average Bonchev–Trinajstić information content (AvgIpc) is 3.24. The van der Waals surface area contributed by atoms with Crippen molar-refractivity contribution < 1.29 is 4.52 Å². The van der Waals surface area contributed by atoms with Gasteiger partial charge in [-0.05, 0) is 36.6 Å². The summed E-state index contributed by atoms with van der Waals surface area (Å²) in [5, 5.41) is 12.0. The molecule has 0 saturated carbocycles. The fraction of sp³-hybridized carbons (Fsp3) is 0.158. The van der Waals surface area contributed by atoms with Gasteiger partial charge in [0.05, 0.1) is 17.9 Å². The Morgan fingerprint density at radius 2 is 1.73 bits per heavy atom. The van der Waals surface area contributed by atoms with Gasteiger partial charge in [0.25, 0.3) is 0 Å². The summed E-state index contributed by atoms with van der Waals surface area (Å²) in [5.41, 5.74) is 11.0. The molecule has 26 heavy (non-hydrogen) atoms. The lowest BCUT2D eigenvalue weighted by Crippen LogP contribution is -2.28. The fourth-order valence-electron chi connectivity index (χ4n) is 2.95. The Hall–Kier alpha value is -2.34. The standard InChI is InChI=1S/C19H18N4O.2ClH/c1-19(2,20)13-5-3-12(4-6-13)14-7-8-16-15(11-21-23-16)18(14)17-9-10-22-24-17;;/h3-11H,20H2,1-2H3,(H,21,23);2*1H. The van der Waals surface area contributed by atoms with Crippen molar-refractivity contribution in [3.05, 3.63) is 60.4 Å². The minimum absolute atomic E-state index is 0. The van der Waals surface area contributed by atoms with Gasteiger partial charge in [-0.2, -0.15) is 5.10 Å². The van der Waals surface area contributed by atoms with Gasteiger partial charge in [-0.25, -0.2) is 0 Å². The van der Waals surface area contributed by atoms with Gasteiger partial charge in [0, 0.05) is 22.6 Å². The topological polar surface area (TPSA) is 80.7 Å². The number of nitrogens with zero attached hydrogens (tertiary/aromatic N) is 2. The van der Waals surface area contributed by atoms with E-state index in [0.29, 0.717) is 0 Å². The normalized spacial score (nSPS) is 11.0. The fourth-order valence-corrected chi connectivity index (χ4v) is 2.95. The number of hydrogen-bond acceptors (Lipinski definition) is 4. The van der Waals surface area contributed by atoms with E-state index in [2.05, 4.69) is 45.7 Å². The molecule has 0 unspecified atom stereocenters. The zero-order valence-corrected chi connectivity index (χ0v) is 16.0. The molecule has 2 aromatic heterocycles. The summed E-state index contributed by atoms with van der Waals surface area (Å²) in [5.74, 6) is 0.722. The van der Waals surface area contributed by atoms with E-state index in [1.165, 1.54) is 0 Å². The van der Waals surface area contributed by atoms with Crippen molar-refractivity contribution in [1.29, 1.82) is 0 Å². The van der Waals surface area contributed by atoms with Crippen LogP contribution in [0.15, 0.2) is 59.4 Å². The van der Waals surface area contributed by atoms with Crippen molar-refractivity contribution >= 4 is 35.7 Å². The zero-order chi connectivity index (χ0) is 16.7. The number of aromatic nitrogens is 3. The third-order valence-corrected chi connectivity index (χ3v) is 4.25. The number of fused-ring (bicyclic) bond motifs is 1. The first-order chi connectivity index (χ1) is 11.5. The number of nitrogens with one attached hydrogen (secondary N) is 1. The Morgan fingerprint density at radius 3 is 2.35 bits per heavy atom. The number of nitrogens with two attached hydrogens (primary N) is 1. The van der Waals surface area contributed by atoms with Gasteiger partial charge in [0.1, 0.15) is 0 Å². The highest BCUT2D eigenvalue weighted by Crippen LogP contribution is 2.37. The van der Waals surface area contributed by atoms with Crippen LogP contribution in [0.1, 0.15) is 19.4 Å². The van der Waals surface area contributed by atoms with Crippen molar-refractivity contribution in [3.8, 4) is 22.5 Å². The Balaban J connectivity index is 0.00000121. The van der Waals surface area contributed by atoms with E-state index in [0.717, 1.165) is 38.9 Å². The van der Waals surface area contributed by atoms with Crippen LogP contribution in [0.4, 0.5) is 0 Å². The van der Waals surface area contributed by atoms with Gasteiger partial charge in [0.2, 0.25) is 0 Å². The molecule has 0 radical (unpaired) electrons. The maximum atomic E-state index is 6.18. The number of benzene rings is 2. The van der Waals surface area contributed by atoms with Crippen LogP contribution < -0.4 is 5.73 Å². The summed E-state index contributed by atoms with van der Waals surface area (Å²) >= 11 is 0. The highest BCUT2D eigenvalue weighted by Gasteiger charge is 2.17. The number of hydrogen-bond donors (Lipinski definition) is 2. The van der Waals surface area contributed by atoms with Crippen LogP contribution in [0.3, 0.4) is 0 Å². The summed E-state index contributed by atoms with van der Waals surface area (Å²) in [6.07, 6.45) is 3.46. The van der Waals surface area contributed by atoms with Crippen molar-refractivity contribution in [3.63, 3.8) is 0 Å². The molecule has 0 aliphatic heterocycles. The van der Waals surface area contributed by atoms with E-state index >= 15 is 0 Å². The van der Waals surface area contributed by atoms with E-state index in [1.807, 2.05) is 32.2 Å². The van der Waals surface area contributed by atoms with Crippen LogP contribution in [0.5, 0.6) is 0 Å². The molecule has 7 heteroatoms. The monoisotopic (exact) mass is 390 g/mol. The molecule has 3 N–H and O–H groups in total. The van der Waals surface area contributed by atoms with Crippen molar-refractivity contribution in [2.24, 2.45) is 5.73 Å². The average molecular weight is 391 g/mol. The number of halogens is 2. The molecule has 4 rings (SSSR count). The summed E-state index contributed by atoms with van der Waals surface area (Å²) in [6.45, 7) is 4.00. The molecule has 136 valence electrons. The molecule has 4 aromatic rings. The highest BCUT2D eigenvalue weighted by molar-refractivity contribution is 6.01. The second-order valence-electron chi connectivity index (χ2n) is 6.50. The highest BCUT2D eigenvalue weighted by atomic mass is 35.5. The third kappa shape index (κ3) is 3.46. The van der Waals surface area contributed by atoms with Crippen molar-refractivity contribution in [2.45, 2.75) is 19.4 Å². The molecular weight excluding hydrogens is 371 g/mol. The smallest absolute Gasteiger partial charge is 0.168 e. The molecule has 5 nitrogen and oxygen atoms in total. The van der Waals surface area contributed by atoms with Crippen LogP contribution in [0, 0.1) is 0 Å². The first-order valence-electron chi connectivity index (χ1n) is 7.81.